The van der Waals surface area contributed by atoms with Crippen LogP contribution in [0.5, 0.6) is 0 Å². The van der Waals surface area contributed by atoms with Crippen molar-refractivity contribution in [2.24, 2.45) is 0 Å². The predicted octanol–water partition coefficient (Wildman–Crippen LogP) is 2.09. The second kappa shape index (κ2) is 6.61. The molecule has 0 spiro atoms. The molecule has 1 atom stereocenters. The lowest BCUT2D eigenvalue weighted by molar-refractivity contribution is -0.117. The van der Waals surface area contributed by atoms with Crippen LogP contribution in [0.1, 0.15) is 11.8 Å². The third-order valence-corrected chi connectivity index (χ3v) is 3.57. The Hall–Kier alpha value is -1.07. The second-order valence-corrected chi connectivity index (χ2v) is 5.03. The first kappa shape index (κ1) is 14.0. The van der Waals surface area contributed by atoms with Gasteiger partial charge in [-0.25, -0.2) is 4.79 Å². The number of rotatable bonds is 4. The number of nitrogens with zero attached hydrogens (tertiary/aromatic N) is 1. The van der Waals surface area contributed by atoms with Gasteiger partial charge < -0.3 is 4.90 Å². The predicted molar refractivity (Wildman–Crippen MR) is 69.5 cm³/mol. The number of halogens is 1. The standard InChI is InChI=1S/C11H15ClN2O2S/c1-8(6-9-4-3-5-17-9)14(2)11(16)13-10(15)7-12/h3-5,8H,6-7H2,1-2H3,(H,13,15,16). The number of likely N-dealkylation sites (N-methyl/N-ethyl adjacent to an activating group) is 1. The third-order valence-electron chi connectivity index (χ3n) is 2.43. The van der Waals surface area contributed by atoms with E-state index in [4.69, 9.17) is 11.6 Å². The van der Waals surface area contributed by atoms with Crippen molar-refractivity contribution in [1.82, 2.24) is 10.2 Å². The largest absolute Gasteiger partial charge is 0.324 e. The number of carbonyl (C=O) groups excluding carboxylic acids is 2. The number of carbonyl (C=O) groups is 2. The smallest absolute Gasteiger partial charge is 0.324 e. The van der Waals surface area contributed by atoms with Crippen LogP contribution in [-0.2, 0) is 11.2 Å². The van der Waals surface area contributed by atoms with Gasteiger partial charge in [-0.3, -0.25) is 10.1 Å². The number of alkyl halides is 1. The summed E-state index contributed by atoms with van der Waals surface area (Å²) >= 11 is 6.97. The topological polar surface area (TPSA) is 49.4 Å². The number of nitrogens with one attached hydrogen (secondary N) is 1. The average Bonchev–Trinajstić information content (AvgIpc) is 2.80. The Morgan fingerprint density at radius 3 is 2.82 bits per heavy atom. The van der Waals surface area contributed by atoms with Crippen LogP contribution in [0.25, 0.3) is 0 Å². The maximum Gasteiger partial charge on any atom is 0.324 e. The molecule has 0 bridgehead atoms. The lowest BCUT2D eigenvalue weighted by atomic mass is 10.2. The number of amides is 3. The lowest BCUT2D eigenvalue weighted by Crippen LogP contribution is -2.45. The van der Waals surface area contributed by atoms with Crippen molar-refractivity contribution in [3.63, 3.8) is 0 Å². The Bertz CT molecular complexity index is 381. The zero-order valence-electron chi connectivity index (χ0n) is 9.77. The van der Waals surface area contributed by atoms with Gasteiger partial charge in [-0.05, 0) is 18.4 Å². The molecule has 94 valence electrons. The van der Waals surface area contributed by atoms with Crippen LogP contribution < -0.4 is 5.32 Å². The third kappa shape index (κ3) is 4.36. The number of hydrogen-bond acceptors (Lipinski definition) is 3. The molecular formula is C11H15ClN2O2S. The van der Waals surface area contributed by atoms with Crippen molar-refractivity contribution in [3.05, 3.63) is 22.4 Å². The van der Waals surface area contributed by atoms with Gasteiger partial charge in [0.1, 0.15) is 5.88 Å². The van der Waals surface area contributed by atoms with Gasteiger partial charge in [0.25, 0.3) is 0 Å². The summed E-state index contributed by atoms with van der Waals surface area (Å²) in [6.45, 7) is 1.93. The maximum atomic E-state index is 11.6. The average molecular weight is 275 g/mol. The Morgan fingerprint density at radius 2 is 2.29 bits per heavy atom. The molecule has 0 radical (unpaired) electrons. The molecule has 0 aliphatic heterocycles. The first-order valence-corrected chi connectivity index (χ1v) is 6.61. The van der Waals surface area contributed by atoms with Crippen molar-refractivity contribution in [2.75, 3.05) is 12.9 Å². The van der Waals surface area contributed by atoms with E-state index in [1.54, 1.807) is 18.4 Å². The number of thiophene rings is 1. The molecule has 0 aromatic carbocycles. The zero-order chi connectivity index (χ0) is 12.8. The van der Waals surface area contributed by atoms with Gasteiger partial charge in [0.15, 0.2) is 0 Å². The van der Waals surface area contributed by atoms with Crippen LogP contribution in [0.15, 0.2) is 17.5 Å². The zero-order valence-corrected chi connectivity index (χ0v) is 11.3. The van der Waals surface area contributed by atoms with Crippen molar-refractivity contribution in [2.45, 2.75) is 19.4 Å². The monoisotopic (exact) mass is 274 g/mol. The van der Waals surface area contributed by atoms with Crippen molar-refractivity contribution in [3.8, 4) is 0 Å². The molecule has 17 heavy (non-hydrogen) atoms. The van der Waals surface area contributed by atoms with Crippen LogP contribution >= 0.6 is 22.9 Å². The van der Waals surface area contributed by atoms with E-state index in [2.05, 4.69) is 5.32 Å². The van der Waals surface area contributed by atoms with Gasteiger partial charge in [-0.2, -0.15) is 0 Å². The van der Waals surface area contributed by atoms with E-state index in [0.717, 1.165) is 6.42 Å². The van der Waals surface area contributed by atoms with E-state index in [1.165, 1.54) is 9.78 Å². The Morgan fingerprint density at radius 1 is 1.59 bits per heavy atom. The molecule has 3 amide bonds. The molecule has 0 aliphatic rings. The fourth-order valence-corrected chi connectivity index (χ4v) is 2.19. The maximum absolute atomic E-state index is 11.6. The van der Waals surface area contributed by atoms with Gasteiger partial charge in [-0.15, -0.1) is 22.9 Å². The number of hydrogen-bond donors (Lipinski definition) is 1. The normalized spacial score (nSPS) is 11.9. The Kier molecular flexibility index (Phi) is 5.44. The second-order valence-electron chi connectivity index (χ2n) is 3.73. The molecule has 4 nitrogen and oxygen atoms in total. The van der Waals surface area contributed by atoms with Crippen LogP contribution in [0.2, 0.25) is 0 Å². The summed E-state index contributed by atoms with van der Waals surface area (Å²) in [7, 11) is 1.66. The molecule has 1 rings (SSSR count). The van der Waals surface area contributed by atoms with E-state index in [0.29, 0.717) is 0 Å². The quantitative estimate of drug-likeness (QED) is 0.855. The van der Waals surface area contributed by atoms with E-state index >= 15 is 0 Å². The summed E-state index contributed by atoms with van der Waals surface area (Å²) in [5.41, 5.74) is 0. The molecule has 0 saturated heterocycles. The number of urea groups is 1. The summed E-state index contributed by atoms with van der Waals surface area (Å²) < 4.78 is 0. The molecule has 1 N–H and O–H groups in total. The minimum absolute atomic E-state index is 0.0248. The lowest BCUT2D eigenvalue weighted by Gasteiger charge is -2.24. The molecular weight excluding hydrogens is 260 g/mol. The SMILES string of the molecule is CC(Cc1cccs1)N(C)C(=O)NC(=O)CCl. The highest BCUT2D eigenvalue weighted by Crippen LogP contribution is 2.13. The van der Waals surface area contributed by atoms with Gasteiger partial charge in [0.05, 0.1) is 0 Å². The molecule has 1 unspecified atom stereocenters. The van der Waals surface area contributed by atoms with E-state index in [-0.39, 0.29) is 11.9 Å². The molecule has 0 aliphatic carbocycles. The van der Waals surface area contributed by atoms with Gasteiger partial charge in [0.2, 0.25) is 5.91 Å². The Balaban J connectivity index is 2.48. The first-order chi connectivity index (χ1) is 8.04. The summed E-state index contributed by atoms with van der Waals surface area (Å²) in [5, 5.41) is 4.21. The molecule has 6 heteroatoms. The Labute approximate surface area is 110 Å². The van der Waals surface area contributed by atoms with Crippen LogP contribution in [0.3, 0.4) is 0 Å². The summed E-state index contributed by atoms with van der Waals surface area (Å²) in [6, 6.07) is 3.61. The minimum Gasteiger partial charge on any atom is -0.324 e. The number of imide groups is 1. The molecule has 1 heterocycles. The molecule has 0 saturated carbocycles. The van der Waals surface area contributed by atoms with Crippen molar-refractivity contribution >= 4 is 34.9 Å². The summed E-state index contributed by atoms with van der Waals surface area (Å²) in [6.07, 6.45) is 0.774. The van der Waals surface area contributed by atoms with E-state index < -0.39 is 11.9 Å². The molecule has 1 aromatic heterocycles. The van der Waals surface area contributed by atoms with Crippen molar-refractivity contribution < 1.29 is 9.59 Å². The highest BCUT2D eigenvalue weighted by Gasteiger charge is 2.17. The van der Waals surface area contributed by atoms with Crippen LogP contribution in [0, 0.1) is 0 Å². The minimum atomic E-state index is -0.480. The molecule has 0 fully saturated rings. The molecule has 1 aromatic rings. The van der Waals surface area contributed by atoms with Crippen molar-refractivity contribution in [1.29, 1.82) is 0 Å². The fourth-order valence-electron chi connectivity index (χ4n) is 1.30. The highest BCUT2D eigenvalue weighted by atomic mass is 35.5. The summed E-state index contributed by atoms with van der Waals surface area (Å²) in [5.74, 6) is -0.689. The van der Waals surface area contributed by atoms with E-state index in [9.17, 15) is 9.59 Å². The van der Waals surface area contributed by atoms with Gasteiger partial charge in [-0.1, -0.05) is 6.07 Å². The van der Waals surface area contributed by atoms with Gasteiger partial charge in [0, 0.05) is 24.4 Å². The van der Waals surface area contributed by atoms with Crippen LogP contribution in [0.4, 0.5) is 4.79 Å². The van der Waals surface area contributed by atoms with Crippen LogP contribution in [-0.4, -0.2) is 35.8 Å². The fraction of sp³-hybridized carbons (Fsp3) is 0.455. The highest BCUT2D eigenvalue weighted by molar-refractivity contribution is 7.09. The summed E-state index contributed by atoms with van der Waals surface area (Å²) in [4.78, 5) is 25.3. The first-order valence-electron chi connectivity index (χ1n) is 5.19. The van der Waals surface area contributed by atoms with E-state index in [1.807, 2.05) is 24.4 Å². The van der Waals surface area contributed by atoms with Gasteiger partial charge >= 0.3 is 6.03 Å².